The van der Waals surface area contributed by atoms with Crippen molar-refractivity contribution >= 4 is 11.8 Å². The summed E-state index contributed by atoms with van der Waals surface area (Å²) in [6.07, 6.45) is 5.64. The number of halogens is 1. The highest BCUT2D eigenvalue weighted by atomic mass is 19.1. The van der Waals surface area contributed by atoms with Gasteiger partial charge in [-0.05, 0) is 63.1 Å². The molecule has 170 valence electrons. The first-order chi connectivity index (χ1) is 15.6. The number of hydrogen-bond acceptors (Lipinski definition) is 5. The Labute approximate surface area is 188 Å². The molecule has 0 radical (unpaired) electrons. The standard InChI is InChI=1S/C25H30FN3O3/c1-3-28(4-2)25-22(23(27-32-25)18-11-13-20(26)14-12-18)17-29(16-21-10-7-15-31-21)24(30)19-8-5-6-9-19/h7,10-15,19H,3-6,8-9,16-17H2,1-2H3. The van der Waals surface area contributed by atoms with Crippen LogP contribution in [0.4, 0.5) is 10.3 Å². The smallest absolute Gasteiger partial charge is 0.232 e. The van der Waals surface area contributed by atoms with Crippen LogP contribution in [0.25, 0.3) is 11.3 Å². The zero-order valence-electron chi connectivity index (χ0n) is 18.7. The summed E-state index contributed by atoms with van der Waals surface area (Å²) >= 11 is 0. The molecule has 0 bridgehead atoms. The Morgan fingerprint density at radius 2 is 1.81 bits per heavy atom. The molecule has 4 rings (SSSR count). The van der Waals surface area contributed by atoms with Crippen LogP contribution in [0.2, 0.25) is 0 Å². The van der Waals surface area contributed by atoms with Gasteiger partial charge in [-0.15, -0.1) is 0 Å². The Morgan fingerprint density at radius 1 is 1.09 bits per heavy atom. The summed E-state index contributed by atoms with van der Waals surface area (Å²) in [6.45, 7) is 6.33. The molecule has 7 heteroatoms. The van der Waals surface area contributed by atoms with Crippen molar-refractivity contribution in [3.8, 4) is 11.3 Å². The molecule has 1 fully saturated rings. The fourth-order valence-electron chi connectivity index (χ4n) is 4.46. The van der Waals surface area contributed by atoms with E-state index < -0.39 is 0 Å². The lowest BCUT2D eigenvalue weighted by atomic mass is 10.0. The van der Waals surface area contributed by atoms with E-state index >= 15 is 0 Å². The molecule has 0 spiro atoms. The first-order valence-corrected chi connectivity index (χ1v) is 11.4. The molecule has 3 aromatic rings. The molecule has 0 unspecified atom stereocenters. The Hall–Kier alpha value is -3.09. The number of hydrogen-bond donors (Lipinski definition) is 0. The van der Waals surface area contributed by atoms with Gasteiger partial charge in [-0.1, -0.05) is 18.0 Å². The van der Waals surface area contributed by atoms with Crippen LogP contribution in [0.3, 0.4) is 0 Å². The van der Waals surface area contributed by atoms with Crippen molar-refractivity contribution in [1.82, 2.24) is 10.1 Å². The van der Waals surface area contributed by atoms with Crippen LogP contribution in [-0.2, 0) is 17.9 Å². The molecule has 1 amide bonds. The summed E-state index contributed by atoms with van der Waals surface area (Å²) in [5, 5.41) is 4.34. The third-order valence-corrected chi connectivity index (χ3v) is 6.23. The van der Waals surface area contributed by atoms with Crippen molar-refractivity contribution in [1.29, 1.82) is 0 Å². The van der Waals surface area contributed by atoms with E-state index in [2.05, 4.69) is 23.9 Å². The summed E-state index contributed by atoms with van der Waals surface area (Å²) in [7, 11) is 0. The number of aromatic nitrogens is 1. The molecule has 0 N–H and O–H groups in total. The average molecular weight is 440 g/mol. The van der Waals surface area contributed by atoms with Gasteiger partial charge in [0.1, 0.15) is 17.3 Å². The van der Waals surface area contributed by atoms with Gasteiger partial charge in [0.05, 0.1) is 24.9 Å². The van der Waals surface area contributed by atoms with Gasteiger partial charge in [-0.25, -0.2) is 4.39 Å². The molecule has 2 heterocycles. The maximum Gasteiger partial charge on any atom is 0.232 e. The van der Waals surface area contributed by atoms with Crippen molar-refractivity contribution < 1.29 is 18.1 Å². The topological polar surface area (TPSA) is 62.7 Å². The summed E-state index contributed by atoms with van der Waals surface area (Å²) in [6, 6.07) is 9.92. The largest absolute Gasteiger partial charge is 0.467 e. The van der Waals surface area contributed by atoms with E-state index in [4.69, 9.17) is 8.94 Å². The first kappa shape index (κ1) is 22.1. The van der Waals surface area contributed by atoms with Crippen LogP contribution in [0.5, 0.6) is 0 Å². The number of carbonyl (C=O) groups excluding carboxylic acids is 1. The monoisotopic (exact) mass is 439 g/mol. The zero-order chi connectivity index (χ0) is 22.5. The average Bonchev–Trinajstić information content (AvgIpc) is 3.58. The fourth-order valence-corrected chi connectivity index (χ4v) is 4.46. The van der Waals surface area contributed by atoms with E-state index in [1.807, 2.05) is 17.0 Å². The molecule has 1 saturated carbocycles. The van der Waals surface area contributed by atoms with Crippen molar-refractivity contribution in [2.75, 3.05) is 18.0 Å². The van der Waals surface area contributed by atoms with E-state index in [1.165, 1.54) is 12.1 Å². The highest BCUT2D eigenvalue weighted by Crippen LogP contribution is 2.34. The fraction of sp³-hybridized carbons (Fsp3) is 0.440. The Morgan fingerprint density at radius 3 is 2.44 bits per heavy atom. The lowest BCUT2D eigenvalue weighted by molar-refractivity contribution is -0.136. The Balaban J connectivity index is 1.72. The van der Waals surface area contributed by atoms with Crippen molar-refractivity contribution in [2.24, 2.45) is 5.92 Å². The number of amides is 1. The normalized spacial score (nSPS) is 14.1. The Kier molecular flexibility index (Phi) is 6.93. The lowest BCUT2D eigenvalue weighted by Crippen LogP contribution is -2.35. The summed E-state index contributed by atoms with van der Waals surface area (Å²) < 4.78 is 24.9. The molecular weight excluding hydrogens is 409 g/mol. The predicted octanol–water partition coefficient (Wildman–Crippen LogP) is 5.64. The molecule has 0 atom stereocenters. The number of anilines is 1. The molecule has 32 heavy (non-hydrogen) atoms. The van der Waals surface area contributed by atoms with Crippen molar-refractivity contribution in [3.05, 3.63) is 59.8 Å². The van der Waals surface area contributed by atoms with Crippen LogP contribution in [-0.4, -0.2) is 29.1 Å². The maximum atomic E-state index is 13.5. The summed E-state index contributed by atoms with van der Waals surface area (Å²) in [4.78, 5) is 17.4. The van der Waals surface area contributed by atoms with E-state index in [1.54, 1.807) is 18.4 Å². The minimum atomic E-state index is -0.307. The lowest BCUT2D eigenvalue weighted by Gasteiger charge is -2.26. The van der Waals surface area contributed by atoms with Gasteiger partial charge in [0.2, 0.25) is 11.8 Å². The van der Waals surface area contributed by atoms with Crippen LogP contribution in [0.1, 0.15) is 50.9 Å². The van der Waals surface area contributed by atoms with Gasteiger partial charge in [0.15, 0.2) is 0 Å². The van der Waals surface area contributed by atoms with E-state index in [9.17, 15) is 9.18 Å². The van der Waals surface area contributed by atoms with Crippen molar-refractivity contribution in [2.45, 2.75) is 52.6 Å². The Bertz CT molecular complexity index is 1000. The SMILES string of the molecule is CCN(CC)c1onc(-c2ccc(F)cc2)c1CN(Cc1ccco1)C(=O)C1CCCC1. The molecule has 2 aromatic heterocycles. The van der Waals surface area contributed by atoms with E-state index in [-0.39, 0.29) is 17.6 Å². The number of carbonyl (C=O) groups is 1. The third-order valence-electron chi connectivity index (χ3n) is 6.23. The zero-order valence-corrected chi connectivity index (χ0v) is 18.7. The number of benzene rings is 1. The number of nitrogens with zero attached hydrogens (tertiary/aromatic N) is 3. The summed E-state index contributed by atoms with van der Waals surface area (Å²) in [5.41, 5.74) is 2.23. The summed E-state index contributed by atoms with van der Waals surface area (Å²) in [5.74, 6) is 1.25. The van der Waals surface area contributed by atoms with Crippen LogP contribution in [0, 0.1) is 11.7 Å². The van der Waals surface area contributed by atoms with E-state index in [0.717, 1.165) is 55.7 Å². The van der Waals surface area contributed by atoms with Crippen LogP contribution >= 0.6 is 0 Å². The van der Waals surface area contributed by atoms with Crippen molar-refractivity contribution in [3.63, 3.8) is 0 Å². The maximum absolute atomic E-state index is 13.5. The van der Waals surface area contributed by atoms with Crippen LogP contribution in [0.15, 0.2) is 51.6 Å². The quantitative estimate of drug-likeness (QED) is 0.432. The van der Waals surface area contributed by atoms with Gasteiger partial charge in [-0.3, -0.25) is 4.79 Å². The second kappa shape index (κ2) is 10.0. The third kappa shape index (κ3) is 4.71. The molecule has 6 nitrogen and oxygen atoms in total. The van der Waals surface area contributed by atoms with Gasteiger partial charge in [-0.2, -0.15) is 0 Å². The van der Waals surface area contributed by atoms with Gasteiger partial charge in [0.25, 0.3) is 0 Å². The molecule has 0 saturated heterocycles. The highest BCUT2D eigenvalue weighted by Gasteiger charge is 2.31. The predicted molar refractivity (Wildman–Crippen MR) is 120 cm³/mol. The second-order valence-electron chi connectivity index (χ2n) is 8.25. The van der Waals surface area contributed by atoms with Crippen LogP contribution < -0.4 is 4.90 Å². The second-order valence-corrected chi connectivity index (χ2v) is 8.25. The molecule has 1 aliphatic rings. The van der Waals surface area contributed by atoms with Gasteiger partial charge < -0.3 is 18.7 Å². The first-order valence-electron chi connectivity index (χ1n) is 11.4. The molecular formula is C25H30FN3O3. The number of furan rings is 1. The molecule has 0 aliphatic heterocycles. The molecule has 1 aromatic carbocycles. The van der Waals surface area contributed by atoms with Gasteiger partial charge in [0, 0.05) is 24.6 Å². The minimum Gasteiger partial charge on any atom is -0.467 e. The van der Waals surface area contributed by atoms with Gasteiger partial charge >= 0.3 is 0 Å². The highest BCUT2D eigenvalue weighted by molar-refractivity contribution is 5.80. The minimum absolute atomic E-state index is 0.0380. The number of rotatable bonds is 9. The van der Waals surface area contributed by atoms with E-state index in [0.29, 0.717) is 24.7 Å². The molecule has 1 aliphatic carbocycles.